The first kappa shape index (κ1) is 17.9. The molecule has 0 bridgehead atoms. The Morgan fingerprint density at radius 2 is 1.70 bits per heavy atom. The summed E-state index contributed by atoms with van der Waals surface area (Å²) in [7, 11) is -3.76. The van der Waals surface area contributed by atoms with E-state index >= 15 is 0 Å². The lowest BCUT2D eigenvalue weighted by molar-refractivity contribution is 0.601. The molecule has 0 amide bonds. The molecule has 0 radical (unpaired) electrons. The quantitative estimate of drug-likeness (QED) is 0.501. The van der Waals surface area contributed by atoms with Crippen LogP contribution < -0.4 is 4.72 Å². The van der Waals surface area contributed by atoms with Gasteiger partial charge in [-0.15, -0.1) is 0 Å². The van der Waals surface area contributed by atoms with E-state index in [1.165, 1.54) is 18.2 Å². The Hall–Kier alpha value is -2.54. The van der Waals surface area contributed by atoms with Gasteiger partial charge >= 0.3 is 0 Å². The summed E-state index contributed by atoms with van der Waals surface area (Å²) in [6.45, 7) is 0. The number of benzene rings is 2. The summed E-state index contributed by atoms with van der Waals surface area (Å²) in [4.78, 5) is 4.59. The first-order valence-corrected chi connectivity index (χ1v) is 10.2. The number of imidazole rings is 1. The second-order valence-electron chi connectivity index (χ2n) is 5.85. The molecule has 0 fully saturated rings. The van der Waals surface area contributed by atoms with E-state index < -0.39 is 10.0 Å². The molecule has 0 atom stereocenters. The van der Waals surface area contributed by atoms with Crippen molar-refractivity contribution < 1.29 is 8.42 Å². The summed E-state index contributed by atoms with van der Waals surface area (Å²) < 4.78 is 29.5. The van der Waals surface area contributed by atoms with Gasteiger partial charge < -0.3 is 4.40 Å². The van der Waals surface area contributed by atoms with Gasteiger partial charge in [-0.05, 0) is 42.5 Å². The number of nitrogens with one attached hydrogen (secondary N) is 1. The van der Waals surface area contributed by atoms with Gasteiger partial charge in [-0.25, -0.2) is 13.4 Å². The van der Waals surface area contributed by atoms with Crippen molar-refractivity contribution in [2.24, 2.45) is 0 Å². The van der Waals surface area contributed by atoms with E-state index in [9.17, 15) is 8.42 Å². The monoisotopic (exact) mass is 417 g/mol. The zero-order valence-electron chi connectivity index (χ0n) is 13.8. The molecule has 8 heteroatoms. The first-order valence-electron chi connectivity index (χ1n) is 7.94. The van der Waals surface area contributed by atoms with E-state index in [4.69, 9.17) is 23.2 Å². The Morgan fingerprint density at radius 1 is 0.926 bits per heavy atom. The lowest BCUT2D eigenvalue weighted by Crippen LogP contribution is -2.12. The van der Waals surface area contributed by atoms with E-state index in [0.717, 1.165) is 16.9 Å². The molecular weight excluding hydrogens is 405 g/mol. The normalized spacial score (nSPS) is 11.6. The molecule has 0 aliphatic carbocycles. The Bertz CT molecular complexity index is 1200. The third kappa shape index (κ3) is 3.64. The number of halogens is 2. The maximum absolute atomic E-state index is 12.5. The van der Waals surface area contributed by atoms with Crippen molar-refractivity contribution in [2.45, 2.75) is 4.90 Å². The molecule has 0 saturated carbocycles. The first-order chi connectivity index (χ1) is 12.9. The molecule has 5 nitrogen and oxygen atoms in total. The van der Waals surface area contributed by atoms with Crippen LogP contribution in [0.3, 0.4) is 0 Å². The van der Waals surface area contributed by atoms with Crippen molar-refractivity contribution in [1.29, 1.82) is 0 Å². The number of sulfonamides is 1. The highest BCUT2D eigenvalue weighted by molar-refractivity contribution is 7.92. The predicted molar refractivity (Wildman–Crippen MR) is 108 cm³/mol. The Kier molecular flexibility index (Phi) is 4.55. The molecule has 0 saturated heterocycles. The minimum absolute atomic E-state index is 0.0429. The minimum atomic E-state index is -3.76. The lowest BCUT2D eigenvalue weighted by atomic mass is 10.1. The molecule has 0 unspecified atom stereocenters. The fourth-order valence-electron chi connectivity index (χ4n) is 2.64. The van der Waals surface area contributed by atoms with Crippen LogP contribution in [0.1, 0.15) is 0 Å². The molecule has 0 spiro atoms. The molecule has 2 aromatic carbocycles. The predicted octanol–water partition coefficient (Wildman–Crippen LogP) is 5.11. The number of anilines is 1. The highest BCUT2D eigenvalue weighted by Gasteiger charge is 2.16. The van der Waals surface area contributed by atoms with Crippen LogP contribution in [-0.4, -0.2) is 17.8 Å². The van der Waals surface area contributed by atoms with Gasteiger partial charge in [0.05, 0.1) is 20.6 Å². The summed E-state index contributed by atoms with van der Waals surface area (Å²) in [6.07, 6.45) is 3.84. The summed E-state index contributed by atoms with van der Waals surface area (Å²) in [6, 6.07) is 16.9. The second kappa shape index (κ2) is 6.88. The zero-order chi connectivity index (χ0) is 19.0. The van der Waals surface area contributed by atoms with Gasteiger partial charge in [0.2, 0.25) is 0 Å². The Balaban J connectivity index is 1.59. The summed E-state index contributed by atoms with van der Waals surface area (Å²) in [5, 5.41) is 0.481. The van der Waals surface area contributed by atoms with E-state index in [1.54, 1.807) is 12.1 Å². The SMILES string of the molecule is O=S(=O)(Nc1ccc(-c2cn3ccccc3n2)cc1)c1ccc(Cl)c(Cl)c1. The average molecular weight is 418 g/mol. The average Bonchev–Trinajstić information content (AvgIpc) is 3.08. The molecule has 2 aromatic heterocycles. The Labute approximate surface area is 166 Å². The van der Waals surface area contributed by atoms with Gasteiger partial charge in [-0.2, -0.15) is 0 Å². The molecule has 1 N–H and O–H groups in total. The van der Waals surface area contributed by atoms with E-state index in [1.807, 2.05) is 47.1 Å². The van der Waals surface area contributed by atoms with Crippen molar-refractivity contribution in [1.82, 2.24) is 9.38 Å². The van der Waals surface area contributed by atoms with Crippen molar-refractivity contribution in [2.75, 3.05) is 4.72 Å². The standard InChI is InChI=1S/C19H13Cl2N3O2S/c20-16-9-8-15(11-17(16)21)27(25,26)23-14-6-4-13(5-7-14)18-12-24-10-2-1-3-19(24)22-18/h1-12,23H. The van der Waals surface area contributed by atoms with E-state index in [-0.39, 0.29) is 9.92 Å². The van der Waals surface area contributed by atoms with Crippen molar-refractivity contribution in [3.8, 4) is 11.3 Å². The molecule has 4 aromatic rings. The number of hydrogen-bond donors (Lipinski definition) is 1. The molecule has 4 rings (SSSR count). The van der Waals surface area contributed by atoms with Crippen LogP contribution in [0.15, 0.2) is 78.0 Å². The molecular formula is C19H13Cl2N3O2S. The maximum Gasteiger partial charge on any atom is 0.261 e. The van der Waals surface area contributed by atoms with Gasteiger partial charge in [0, 0.05) is 23.6 Å². The van der Waals surface area contributed by atoms with Crippen LogP contribution in [0.2, 0.25) is 10.0 Å². The van der Waals surface area contributed by atoms with E-state index in [0.29, 0.717) is 10.7 Å². The summed E-state index contributed by atoms with van der Waals surface area (Å²) >= 11 is 11.8. The molecule has 27 heavy (non-hydrogen) atoms. The van der Waals surface area contributed by atoms with Crippen molar-refractivity contribution in [3.05, 3.63) is 83.1 Å². The largest absolute Gasteiger partial charge is 0.306 e. The van der Waals surface area contributed by atoms with Gasteiger partial charge in [0.25, 0.3) is 10.0 Å². The smallest absolute Gasteiger partial charge is 0.261 e. The van der Waals surface area contributed by atoms with Gasteiger partial charge in [-0.1, -0.05) is 41.4 Å². The van der Waals surface area contributed by atoms with Crippen LogP contribution in [0.4, 0.5) is 5.69 Å². The van der Waals surface area contributed by atoms with Gasteiger partial charge in [-0.3, -0.25) is 4.72 Å². The molecule has 0 aliphatic rings. The molecule has 2 heterocycles. The van der Waals surface area contributed by atoms with Crippen molar-refractivity contribution in [3.63, 3.8) is 0 Å². The van der Waals surface area contributed by atoms with Crippen LogP contribution in [0, 0.1) is 0 Å². The lowest BCUT2D eigenvalue weighted by Gasteiger charge is -2.09. The number of aromatic nitrogens is 2. The molecule has 0 aliphatic heterocycles. The summed E-state index contributed by atoms with van der Waals surface area (Å²) in [5.74, 6) is 0. The second-order valence-corrected chi connectivity index (χ2v) is 8.35. The number of hydrogen-bond acceptors (Lipinski definition) is 3. The number of nitrogens with zero attached hydrogens (tertiary/aromatic N) is 2. The van der Waals surface area contributed by atoms with Gasteiger partial charge in [0.1, 0.15) is 5.65 Å². The van der Waals surface area contributed by atoms with Crippen molar-refractivity contribution >= 4 is 44.6 Å². The maximum atomic E-state index is 12.5. The van der Waals surface area contributed by atoms with Crippen LogP contribution in [-0.2, 0) is 10.0 Å². The third-order valence-corrected chi connectivity index (χ3v) is 6.12. The fraction of sp³-hybridized carbons (Fsp3) is 0. The highest BCUT2D eigenvalue weighted by Crippen LogP contribution is 2.27. The van der Waals surface area contributed by atoms with Crippen LogP contribution in [0.5, 0.6) is 0 Å². The van der Waals surface area contributed by atoms with Crippen LogP contribution >= 0.6 is 23.2 Å². The minimum Gasteiger partial charge on any atom is -0.306 e. The topological polar surface area (TPSA) is 63.5 Å². The zero-order valence-corrected chi connectivity index (χ0v) is 16.1. The third-order valence-electron chi connectivity index (χ3n) is 4.00. The highest BCUT2D eigenvalue weighted by atomic mass is 35.5. The van der Waals surface area contributed by atoms with Crippen LogP contribution in [0.25, 0.3) is 16.9 Å². The Morgan fingerprint density at radius 3 is 2.41 bits per heavy atom. The number of fused-ring (bicyclic) bond motifs is 1. The van der Waals surface area contributed by atoms with Gasteiger partial charge in [0.15, 0.2) is 0 Å². The molecule has 136 valence electrons. The van der Waals surface area contributed by atoms with E-state index in [2.05, 4.69) is 9.71 Å². The summed E-state index contributed by atoms with van der Waals surface area (Å²) in [5.41, 5.74) is 2.97. The fourth-order valence-corrected chi connectivity index (χ4v) is 4.09. The number of rotatable bonds is 4. The number of pyridine rings is 1.